The first-order chi connectivity index (χ1) is 16.7. The standard InChI is InChI=1S/C29H36N2O4/c1-18(2)17-22(30-23(32)16-15-20-11-7-5-8-12-20)29(35)31-26(19(3)4)28(34)25-24(27(25)33)21-13-9-6-10-14-21/h5-14,18-19,22,26,28,34H,15-17H2,1-4H3,(H,30,32)(H,31,35)/t22-,26-,28-/m0/s1. The second-order valence-electron chi connectivity index (χ2n) is 9.94. The molecule has 0 aliphatic carbocycles. The first kappa shape index (κ1) is 26.4. The van der Waals surface area contributed by atoms with Crippen molar-refractivity contribution in [3.63, 3.8) is 0 Å². The molecule has 0 radical (unpaired) electrons. The Balaban J connectivity index is 1.67. The van der Waals surface area contributed by atoms with E-state index < -0.39 is 18.2 Å². The van der Waals surface area contributed by atoms with Crippen LogP contribution in [0, 0.1) is 11.8 Å². The molecule has 3 aromatic carbocycles. The molecule has 0 bridgehead atoms. The third-order valence-electron chi connectivity index (χ3n) is 6.25. The third kappa shape index (κ3) is 7.12. The predicted molar refractivity (Wildman–Crippen MR) is 138 cm³/mol. The van der Waals surface area contributed by atoms with Crippen molar-refractivity contribution in [1.82, 2.24) is 10.6 Å². The molecule has 3 aromatic rings. The Hall–Kier alpha value is -3.25. The minimum atomic E-state index is -1.12. The SMILES string of the molecule is CC(C)C[C@H](NC(=O)CCc1ccccc1)C(=O)N[C@@H](C(C)C)[C@@H](O)c1c(-c2ccccc2)c1=O. The molecule has 6 nitrogen and oxygen atoms in total. The molecule has 3 atom stereocenters. The van der Waals surface area contributed by atoms with Gasteiger partial charge in [-0.1, -0.05) is 88.4 Å². The highest BCUT2D eigenvalue weighted by Gasteiger charge is 2.37. The van der Waals surface area contributed by atoms with Gasteiger partial charge in [0.05, 0.1) is 6.04 Å². The zero-order chi connectivity index (χ0) is 25.5. The average Bonchev–Trinajstić information content (AvgIpc) is 3.51. The number of carbonyl (C=O) groups is 2. The van der Waals surface area contributed by atoms with Gasteiger partial charge in [0.25, 0.3) is 0 Å². The van der Waals surface area contributed by atoms with Crippen molar-refractivity contribution in [2.24, 2.45) is 11.8 Å². The van der Waals surface area contributed by atoms with Crippen LogP contribution in [-0.4, -0.2) is 29.0 Å². The second-order valence-corrected chi connectivity index (χ2v) is 9.94. The molecule has 0 spiro atoms. The van der Waals surface area contributed by atoms with Gasteiger partial charge in [0.1, 0.15) is 12.1 Å². The fourth-order valence-corrected chi connectivity index (χ4v) is 4.28. The molecule has 6 heteroatoms. The molecule has 35 heavy (non-hydrogen) atoms. The largest absolute Gasteiger partial charge is 0.386 e. The van der Waals surface area contributed by atoms with Gasteiger partial charge in [-0.15, -0.1) is 0 Å². The molecular weight excluding hydrogens is 440 g/mol. The van der Waals surface area contributed by atoms with E-state index in [0.29, 0.717) is 24.0 Å². The van der Waals surface area contributed by atoms with E-state index in [4.69, 9.17) is 0 Å². The van der Waals surface area contributed by atoms with Crippen LogP contribution >= 0.6 is 0 Å². The van der Waals surface area contributed by atoms with Crippen molar-refractivity contribution < 1.29 is 14.7 Å². The zero-order valence-corrected chi connectivity index (χ0v) is 21.0. The summed E-state index contributed by atoms with van der Waals surface area (Å²) in [6.07, 6.45) is 0.231. The van der Waals surface area contributed by atoms with Crippen LogP contribution in [0.2, 0.25) is 0 Å². The molecule has 3 rings (SSSR count). The molecule has 0 saturated heterocycles. The van der Waals surface area contributed by atoms with Crippen LogP contribution in [0.1, 0.15) is 57.8 Å². The Labute approximate surface area is 207 Å². The third-order valence-corrected chi connectivity index (χ3v) is 6.25. The number of hydrogen-bond donors (Lipinski definition) is 3. The number of hydrogen-bond acceptors (Lipinski definition) is 4. The van der Waals surface area contributed by atoms with Crippen LogP contribution in [0.3, 0.4) is 0 Å². The molecule has 0 heterocycles. The quantitative estimate of drug-likeness (QED) is 0.369. The van der Waals surface area contributed by atoms with Crippen LogP contribution in [0.4, 0.5) is 0 Å². The Kier molecular flexibility index (Phi) is 8.99. The van der Waals surface area contributed by atoms with Crippen molar-refractivity contribution in [2.75, 3.05) is 0 Å². The van der Waals surface area contributed by atoms with Crippen molar-refractivity contribution >= 4 is 11.8 Å². The van der Waals surface area contributed by atoms with Gasteiger partial charge in [-0.05, 0) is 35.8 Å². The van der Waals surface area contributed by atoms with Gasteiger partial charge in [0.2, 0.25) is 11.8 Å². The van der Waals surface area contributed by atoms with E-state index >= 15 is 0 Å². The van der Waals surface area contributed by atoms with E-state index in [9.17, 15) is 19.5 Å². The first-order valence-corrected chi connectivity index (χ1v) is 12.3. The van der Waals surface area contributed by atoms with Crippen LogP contribution in [0.15, 0.2) is 65.5 Å². The summed E-state index contributed by atoms with van der Waals surface area (Å²) in [5, 5.41) is 16.8. The maximum atomic E-state index is 13.2. The Morgan fingerprint density at radius 3 is 2.06 bits per heavy atom. The molecule has 0 unspecified atom stereocenters. The molecule has 0 fully saturated rings. The van der Waals surface area contributed by atoms with E-state index in [2.05, 4.69) is 10.6 Å². The Morgan fingerprint density at radius 2 is 1.49 bits per heavy atom. The van der Waals surface area contributed by atoms with E-state index in [1.807, 2.05) is 88.4 Å². The number of aliphatic hydroxyl groups excluding tert-OH is 1. The lowest BCUT2D eigenvalue weighted by Gasteiger charge is -2.29. The maximum Gasteiger partial charge on any atom is 0.242 e. The van der Waals surface area contributed by atoms with Crippen LogP contribution in [-0.2, 0) is 16.0 Å². The van der Waals surface area contributed by atoms with E-state index in [1.54, 1.807) is 0 Å². The van der Waals surface area contributed by atoms with Crippen LogP contribution in [0.5, 0.6) is 0 Å². The highest BCUT2D eigenvalue weighted by molar-refractivity contribution is 5.88. The lowest BCUT2D eigenvalue weighted by atomic mass is 9.94. The van der Waals surface area contributed by atoms with Crippen molar-refractivity contribution in [3.8, 4) is 11.1 Å². The second kappa shape index (κ2) is 11.9. The summed E-state index contributed by atoms with van der Waals surface area (Å²) in [6.45, 7) is 7.76. The minimum Gasteiger partial charge on any atom is -0.386 e. The van der Waals surface area contributed by atoms with Gasteiger partial charge in [0, 0.05) is 17.5 Å². The molecule has 2 amide bonds. The maximum absolute atomic E-state index is 13.2. The first-order valence-electron chi connectivity index (χ1n) is 12.3. The van der Waals surface area contributed by atoms with Gasteiger partial charge in [-0.2, -0.15) is 0 Å². The summed E-state index contributed by atoms with van der Waals surface area (Å²) >= 11 is 0. The predicted octanol–water partition coefficient (Wildman–Crippen LogP) is 3.93. The Bertz CT molecular complexity index is 1110. The number of aryl methyl sites for hydroxylation is 1. The lowest BCUT2D eigenvalue weighted by molar-refractivity contribution is -0.130. The van der Waals surface area contributed by atoms with Gasteiger partial charge >= 0.3 is 0 Å². The molecule has 0 aliphatic rings. The van der Waals surface area contributed by atoms with Crippen molar-refractivity contribution in [1.29, 1.82) is 0 Å². The zero-order valence-electron chi connectivity index (χ0n) is 21.0. The van der Waals surface area contributed by atoms with Gasteiger partial charge in [-0.3, -0.25) is 14.4 Å². The van der Waals surface area contributed by atoms with Gasteiger partial charge in [0.15, 0.2) is 5.43 Å². The molecule has 0 aliphatic heterocycles. The summed E-state index contributed by atoms with van der Waals surface area (Å²) < 4.78 is 0. The van der Waals surface area contributed by atoms with E-state index in [0.717, 1.165) is 11.1 Å². The molecule has 186 valence electrons. The van der Waals surface area contributed by atoms with E-state index in [-0.39, 0.29) is 35.5 Å². The average molecular weight is 477 g/mol. The Morgan fingerprint density at radius 1 is 0.886 bits per heavy atom. The number of carbonyl (C=O) groups excluding carboxylic acids is 2. The monoisotopic (exact) mass is 476 g/mol. The molecule has 0 saturated carbocycles. The summed E-state index contributed by atoms with van der Waals surface area (Å²) in [5.41, 5.74) is 2.53. The van der Waals surface area contributed by atoms with E-state index in [1.165, 1.54) is 0 Å². The molecular formula is C29H36N2O4. The summed E-state index contributed by atoms with van der Waals surface area (Å²) in [7, 11) is 0. The number of nitrogens with one attached hydrogen (secondary N) is 2. The number of rotatable bonds is 12. The summed E-state index contributed by atoms with van der Waals surface area (Å²) in [5.74, 6) is -0.484. The number of amides is 2. The summed E-state index contributed by atoms with van der Waals surface area (Å²) in [6, 6.07) is 17.6. The summed E-state index contributed by atoms with van der Waals surface area (Å²) in [4.78, 5) is 38.4. The van der Waals surface area contributed by atoms with Gasteiger partial charge < -0.3 is 15.7 Å². The number of aliphatic hydroxyl groups is 1. The lowest BCUT2D eigenvalue weighted by Crippen LogP contribution is -2.52. The molecule has 3 N–H and O–H groups in total. The van der Waals surface area contributed by atoms with Crippen LogP contribution in [0.25, 0.3) is 11.1 Å². The highest BCUT2D eigenvalue weighted by atomic mass is 16.3. The van der Waals surface area contributed by atoms with Crippen molar-refractivity contribution in [2.45, 2.75) is 65.1 Å². The van der Waals surface area contributed by atoms with Crippen molar-refractivity contribution in [3.05, 3.63) is 82.0 Å². The highest BCUT2D eigenvalue weighted by Crippen LogP contribution is 2.33. The smallest absolute Gasteiger partial charge is 0.242 e. The fourth-order valence-electron chi connectivity index (χ4n) is 4.28. The topological polar surface area (TPSA) is 95.5 Å². The minimum absolute atomic E-state index is 0.125. The normalized spacial score (nSPS) is 14.1. The van der Waals surface area contributed by atoms with Gasteiger partial charge in [-0.25, -0.2) is 0 Å². The molecule has 0 aromatic heterocycles. The number of benzene rings is 2. The fraction of sp³-hybridized carbons (Fsp3) is 0.414. The van der Waals surface area contributed by atoms with Crippen LogP contribution < -0.4 is 16.1 Å².